The minimum absolute atomic E-state index is 0.0513. The number of hydrogen-bond donors (Lipinski definition) is 1. The van der Waals surface area contributed by atoms with Crippen molar-refractivity contribution in [2.75, 3.05) is 24.6 Å². The molecule has 4 aromatic rings. The number of aromatic nitrogens is 3. The molecule has 1 fully saturated rings. The molecular weight excluding hydrogens is 450 g/mol. The molecule has 7 heteroatoms. The second-order valence-corrected chi connectivity index (χ2v) is 9.12. The molecule has 0 radical (unpaired) electrons. The Bertz CT molecular complexity index is 1280. The molecule has 2 aromatic carbocycles. The van der Waals surface area contributed by atoms with E-state index in [1.807, 2.05) is 74.5 Å². The first-order valence-electron chi connectivity index (χ1n) is 12.5. The molecule has 2 aromatic heterocycles. The maximum atomic E-state index is 13.3. The normalized spacial score (nSPS) is 15.0. The Kier molecular flexibility index (Phi) is 7.07. The average Bonchev–Trinajstić information content (AvgIpc) is 2.93. The molecule has 0 saturated carbocycles. The quantitative estimate of drug-likeness (QED) is 0.406. The largest absolute Gasteiger partial charge is 0.494 e. The Hall–Kier alpha value is -4.00. The summed E-state index contributed by atoms with van der Waals surface area (Å²) in [6.07, 6.45) is 5.04. The van der Waals surface area contributed by atoms with Crippen molar-refractivity contribution in [1.82, 2.24) is 20.3 Å². The van der Waals surface area contributed by atoms with Crippen LogP contribution in [0.1, 0.15) is 42.6 Å². The average molecular weight is 482 g/mol. The van der Waals surface area contributed by atoms with Gasteiger partial charge in [-0.3, -0.25) is 9.78 Å². The molecule has 1 amide bonds. The van der Waals surface area contributed by atoms with Crippen molar-refractivity contribution >= 4 is 22.8 Å². The minimum Gasteiger partial charge on any atom is -0.494 e. The Morgan fingerprint density at radius 1 is 1.03 bits per heavy atom. The molecule has 3 heterocycles. The van der Waals surface area contributed by atoms with Gasteiger partial charge in [-0.15, -0.1) is 0 Å². The van der Waals surface area contributed by atoms with Gasteiger partial charge in [0, 0.05) is 36.8 Å². The zero-order valence-corrected chi connectivity index (χ0v) is 20.7. The lowest BCUT2D eigenvalue weighted by Gasteiger charge is -2.32. The number of nitrogens with one attached hydrogen (secondary N) is 1. The molecule has 5 rings (SSSR count). The monoisotopic (exact) mass is 481 g/mol. The molecular formula is C29H31N5O2. The molecule has 0 spiro atoms. The molecule has 1 aliphatic heterocycles. The predicted molar refractivity (Wildman–Crippen MR) is 141 cm³/mol. The van der Waals surface area contributed by atoms with E-state index in [-0.39, 0.29) is 17.9 Å². The van der Waals surface area contributed by atoms with E-state index in [0.717, 1.165) is 65.4 Å². The fourth-order valence-corrected chi connectivity index (χ4v) is 4.81. The van der Waals surface area contributed by atoms with E-state index in [4.69, 9.17) is 14.7 Å². The summed E-state index contributed by atoms with van der Waals surface area (Å²) >= 11 is 0. The van der Waals surface area contributed by atoms with Crippen LogP contribution in [0.2, 0.25) is 0 Å². The lowest BCUT2D eigenvalue weighted by molar-refractivity contribution is -0.126. The molecule has 184 valence electrons. The molecule has 7 nitrogen and oxygen atoms in total. The van der Waals surface area contributed by atoms with E-state index in [9.17, 15) is 4.79 Å². The number of aryl methyl sites for hydroxylation is 1. The highest BCUT2D eigenvalue weighted by atomic mass is 16.5. The van der Waals surface area contributed by atoms with Gasteiger partial charge in [0.2, 0.25) is 11.9 Å². The molecule has 1 atom stereocenters. The zero-order chi connectivity index (χ0) is 24.9. The zero-order valence-electron chi connectivity index (χ0n) is 20.7. The Balaban J connectivity index is 1.27. The van der Waals surface area contributed by atoms with Gasteiger partial charge in [-0.05, 0) is 68.1 Å². The third-order valence-electron chi connectivity index (χ3n) is 6.76. The van der Waals surface area contributed by atoms with Crippen molar-refractivity contribution in [3.05, 3.63) is 89.9 Å². The van der Waals surface area contributed by atoms with Crippen molar-refractivity contribution in [3.63, 3.8) is 0 Å². The summed E-state index contributed by atoms with van der Waals surface area (Å²) in [4.78, 5) is 29.2. The summed E-state index contributed by atoms with van der Waals surface area (Å²) in [5.41, 5.74) is 3.92. The third-order valence-corrected chi connectivity index (χ3v) is 6.76. The number of benzene rings is 2. The first-order chi connectivity index (χ1) is 17.6. The number of fused-ring (bicyclic) bond motifs is 1. The van der Waals surface area contributed by atoms with Crippen LogP contribution in [-0.4, -0.2) is 40.6 Å². The maximum absolute atomic E-state index is 13.3. The van der Waals surface area contributed by atoms with Crippen molar-refractivity contribution in [1.29, 1.82) is 0 Å². The topological polar surface area (TPSA) is 80.2 Å². The minimum atomic E-state index is -0.201. The van der Waals surface area contributed by atoms with Crippen LogP contribution in [0.3, 0.4) is 0 Å². The van der Waals surface area contributed by atoms with E-state index >= 15 is 0 Å². The van der Waals surface area contributed by atoms with Gasteiger partial charge in [0.05, 0.1) is 23.9 Å². The van der Waals surface area contributed by atoms with E-state index in [1.54, 1.807) is 12.4 Å². The predicted octanol–water partition coefficient (Wildman–Crippen LogP) is 4.85. The molecule has 0 aliphatic carbocycles. The fraction of sp³-hybridized carbons (Fsp3) is 0.310. The van der Waals surface area contributed by atoms with Crippen molar-refractivity contribution in [3.8, 4) is 5.75 Å². The van der Waals surface area contributed by atoms with Gasteiger partial charge < -0.3 is 15.0 Å². The van der Waals surface area contributed by atoms with Crippen LogP contribution in [-0.2, 0) is 4.79 Å². The Morgan fingerprint density at radius 2 is 1.75 bits per heavy atom. The number of carbonyl (C=O) groups excluding carboxylic acids is 1. The lowest BCUT2D eigenvalue weighted by atomic mass is 9.94. The second-order valence-electron chi connectivity index (χ2n) is 9.12. The van der Waals surface area contributed by atoms with Gasteiger partial charge in [-0.25, -0.2) is 9.97 Å². The third kappa shape index (κ3) is 5.15. The first kappa shape index (κ1) is 23.7. The van der Waals surface area contributed by atoms with Gasteiger partial charge in [-0.2, -0.15) is 0 Å². The van der Waals surface area contributed by atoms with E-state index < -0.39 is 0 Å². The van der Waals surface area contributed by atoms with Crippen LogP contribution in [0.4, 0.5) is 5.95 Å². The second kappa shape index (κ2) is 10.7. The number of rotatable bonds is 7. The Labute approximate surface area is 211 Å². The SMILES string of the molecule is CCOc1ccc2nc(N3CCC(C(=O)NC(c4ccccc4)c4ccncc4)CC3)nc(C)c2c1. The van der Waals surface area contributed by atoms with Crippen molar-refractivity contribution < 1.29 is 9.53 Å². The van der Waals surface area contributed by atoms with Gasteiger partial charge in [0.1, 0.15) is 5.75 Å². The molecule has 1 unspecified atom stereocenters. The number of amides is 1. The van der Waals surface area contributed by atoms with Gasteiger partial charge >= 0.3 is 0 Å². The highest BCUT2D eigenvalue weighted by Gasteiger charge is 2.28. The summed E-state index contributed by atoms with van der Waals surface area (Å²) in [6, 6.07) is 19.7. The number of hydrogen-bond acceptors (Lipinski definition) is 6. The van der Waals surface area contributed by atoms with Gasteiger partial charge in [0.15, 0.2) is 0 Å². The number of carbonyl (C=O) groups is 1. The molecule has 1 N–H and O–H groups in total. The van der Waals surface area contributed by atoms with Gasteiger partial charge in [0.25, 0.3) is 0 Å². The molecule has 0 bridgehead atoms. The Morgan fingerprint density at radius 3 is 2.47 bits per heavy atom. The number of pyridine rings is 1. The van der Waals surface area contributed by atoms with E-state index in [0.29, 0.717) is 6.61 Å². The van der Waals surface area contributed by atoms with Crippen molar-refractivity contribution in [2.45, 2.75) is 32.7 Å². The van der Waals surface area contributed by atoms with Crippen LogP contribution >= 0.6 is 0 Å². The molecule has 36 heavy (non-hydrogen) atoms. The van der Waals surface area contributed by atoms with E-state index in [2.05, 4.69) is 15.2 Å². The number of nitrogens with zero attached hydrogens (tertiary/aromatic N) is 4. The fourth-order valence-electron chi connectivity index (χ4n) is 4.81. The van der Waals surface area contributed by atoms with Crippen LogP contribution in [0.15, 0.2) is 73.1 Å². The lowest BCUT2D eigenvalue weighted by Crippen LogP contribution is -2.42. The van der Waals surface area contributed by atoms with Crippen LogP contribution < -0.4 is 15.0 Å². The van der Waals surface area contributed by atoms with Crippen LogP contribution in [0.25, 0.3) is 10.9 Å². The summed E-state index contributed by atoms with van der Waals surface area (Å²) in [6.45, 7) is 6.09. The summed E-state index contributed by atoms with van der Waals surface area (Å²) < 4.78 is 5.63. The summed E-state index contributed by atoms with van der Waals surface area (Å²) in [5.74, 6) is 1.59. The van der Waals surface area contributed by atoms with Crippen LogP contribution in [0.5, 0.6) is 5.75 Å². The molecule has 1 saturated heterocycles. The number of anilines is 1. The maximum Gasteiger partial charge on any atom is 0.226 e. The first-order valence-corrected chi connectivity index (χ1v) is 12.5. The van der Waals surface area contributed by atoms with Crippen molar-refractivity contribution in [2.24, 2.45) is 5.92 Å². The van der Waals surface area contributed by atoms with Gasteiger partial charge in [-0.1, -0.05) is 30.3 Å². The van der Waals surface area contributed by atoms with E-state index in [1.165, 1.54) is 0 Å². The summed E-state index contributed by atoms with van der Waals surface area (Å²) in [7, 11) is 0. The number of piperidine rings is 1. The highest BCUT2D eigenvalue weighted by molar-refractivity contribution is 5.83. The molecule has 1 aliphatic rings. The summed E-state index contributed by atoms with van der Waals surface area (Å²) in [5, 5.41) is 4.30. The smallest absolute Gasteiger partial charge is 0.226 e. The number of ether oxygens (including phenoxy) is 1. The van der Waals surface area contributed by atoms with Crippen LogP contribution in [0, 0.1) is 12.8 Å². The standard InChI is InChI=1S/C29H31N5O2/c1-3-36-24-9-10-26-25(19-24)20(2)31-29(32-26)34-17-13-23(14-18-34)28(35)33-27(21-7-5-4-6-8-21)22-11-15-30-16-12-22/h4-12,15-16,19,23,27H,3,13-14,17-18H2,1-2H3,(H,33,35). The highest BCUT2D eigenvalue weighted by Crippen LogP contribution is 2.28.